The third-order valence-corrected chi connectivity index (χ3v) is 9.75. The zero-order chi connectivity index (χ0) is 36.9. The van der Waals surface area contributed by atoms with Crippen LogP contribution in [0.1, 0.15) is 60.3 Å². The number of aromatic nitrogens is 2. The highest BCUT2D eigenvalue weighted by Crippen LogP contribution is 2.50. The second-order valence-electron chi connectivity index (χ2n) is 12.5. The number of rotatable bonds is 16. The molecule has 1 aliphatic rings. The maximum atomic E-state index is 14.1. The van der Waals surface area contributed by atoms with E-state index in [1.54, 1.807) is 59.7 Å². The van der Waals surface area contributed by atoms with Crippen LogP contribution < -0.4 is 10.8 Å². The molecule has 2 aromatic heterocycles. The molecule has 0 aromatic carbocycles. The maximum absolute atomic E-state index is 14.1. The summed E-state index contributed by atoms with van der Waals surface area (Å²) in [5.74, 6) is -4.22. The summed E-state index contributed by atoms with van der Waals surface area (Å²) < 4.78 is 73.2. The fourth-order valence-electron chi connectivity index (χ4n) is 4.57. The quantitative estimate of drug-likeness (QED) is 0.143. The molecular weight excluding hydrogens is 685 g/mol. The number of ether oxygens (including phenoxy) is 4. The Morgan fingerprint density at radius 1 is 1.06 bits per heavy atom. The third-order valence-electron chi connectivity index (χ3n) is 7.15. The van der Waals surface area contributed by atoms with Gasteiger partial charge in [0.1, 0.15) is 34.7 Å². The highest BCUT2D eigenvalue weighted by Gasteiger charge is 2.62. The number of sulfone groups is 1. The molecule has 49 heavy (non-hydrogen) atoms. The van der Waals surface area contributed by atoms with Gasteiger partial charge >= 0.3 is 25.7 Å². The SMILES string of the molecule is CC(C)OC(=O)[C@H](C)NP(=O)(OCCS(C)(=O)=O)OC[C@@]1(C#N)O[C@@H](c2ccc3c(N)ccnn23)[C@H](OC(=O)C(C)C)[C@@H]1OC(=O)C(C)C. The van der Waals surface area contributed by atoms with Crippen LogP contribution in [0.15, 0.2) is 24.4 Å². The Bertz CT molecular complexity index is 1720. The van der Waals surface area contributed by atoms with Gasteiger partial charge in [-0.05, 0) is 39.0 Å². The Kier molecular flexibility index (Phi) is 13.0. The lowest BCUT2D eigenvalue weighted by Gasteiger charge is -2.31. The molecule has 1 saturated heterocycles. The van der Waals surface area contributed by atoms with Gasteiger partial charge in [-0.15, -0.1) is 0 Å². The minimum Gasteiger partial charge on any atom is -0.462 e. The summed E-state index contributed by atoms with van der Waals surface area (Å²) in [6, 6.07) is 5.44. The summed E-state index contributed by atoms with van der Waals surface area (Å²) in [7, 11) is -8.25. The summed E-state index contributed by atoms with van der Waals surface area (Å²) in [6.07, 6.45) is -2.60. The Morgan fingerprint density at radius 2 is 1.69 bits per heavy atom. The summed E-state index contributed by atoms with van der Waals surface area (Å²) in [6.45, 7) is 9.22. The third kappa shape index (κ3) is 9.99. The van der Waals surface area contributed by atoms with Crippen LogP contribution in [0.3, 0.4) is 0 Å². The monoisotopic (exact) mass is 729 g/mol. The predicted molar refractivity (Wildman–Crippen MR) is 174 cm³/mol. The van der Waals surface area contributed by atoms with E-state index in [1.165, 1.54) is 17.6 Å². The summed E-state index contributed by atoms with van der Waals surface area (Å²) in [5, 5.41) is 17.4. The lowest BCUT2D eigenvalue weighted by Crippen LogP contribution is -2.50. The number of nitrogens with one attached hydrogen (secondary N) is 1. The van der Waals surface area contributed by atoms with Crippen molar-refractivity contribution >= 4 is 46.7 Å². The van der Waals surface area contributed by atoms with Crippen LogP contribution in [0.4, 0.5) is 5.69 Å². The fourth-order valence-corrected chi connectivity index (χ4v) is 6.57. The lowest BCUT2D eigenvalue weighted by molar-refractivity contribution is -0.173. The second-order valence-corrected chi connectivity index (χ2v) is 16.5. The Balaban J connectivity index is 2.12. The minimum absolute atomic E-state index is 0.266. The fraction of sp³-hybridized carbons (Fsp3) is 0.633. The van der Waals surface area contributed by atoms with Gasteiger partial charge < -0.3 is 24.7 Å². The van der Waals surface area contributed by atoms with E-state index >= 15 is 0 Å². The van der Waals surface area contributed by atoms with Crippen molar-refractivity contribution in [3.8, 4) is 6.07 Å². The smallest absolute Gasteiger partial charge is 0.406 e. The van der Waals surface area contributed by atoms with E-state index < -0.39 is 102 Å². The van der Waals surface area contributed by atoms with Gasteiger partial charge in [-0.3, -0.25) is 23.4 Å². The van der Waals surface area contributed by atoms with Crippen molar-refractivity contribution < 1.29 is 55.4 Å². The van der Waals surface area contributed by atoms with E-state index in [1.807, 2.05) is 6.07 Å². The van der Waals surface area contributed by atoms with Crippen molar-refractivity contribution in [2.45, 2.75) is 84.5 Å². The number of nitriles is 1. The number of fused-ring (bicyclic) bond motifs is 1. The number of nitrogens with two attached hydrogens (primary N) is 1. The molecule has 17 nitrogen and oxygen atoms in total. The van der Waals surface area contributed by atoms with Gasteiger partial charge in [0, 0.05) is 12.5 Å². The molecule has 19 heteroatoms. The van der Waals surface area contributed by atoms with Crippen LogP contribution in [-0.2, 0) is 56.8 Å². The Morgan fingerprint density at radius 3 is 2.27 bits per heavy atom. The number of hydrogen-bond acceptors (Lipinski definition) is 15. The predicted octanol–water partition coefficient (Wildman–Crippen LogP) is 2.50. The largest absolute Gasteiger partial charge is 0.462 e. The molecule has 1 fully saturated rings. The zero-order valence-corrected chi connectivity index (χ0v) is 30.4. The molecule has 3 rings (SSSR count). The number of carbonyl (C=O) groups excluding carboxylic acids is 3. The highest BCUT2D eigenvalue weighted by atomic mass is 32.2. The van der Waals surface area contributed by atoms with E-state index in [0.29, 0.717) is 11.2 Å². The molecule has 1 aliphatic heterocycles. The minimum atomic E-state index is -4.66. The maximum Gasteiger partial charge on any atom is 0.406 e. The molecule has 0 bridgehead atoms. The molecule has 3 N–H and O–H groups in total. The van der Waals surface area contributed by atoms with Crippen molar-refractivity contribution in [3.05, 3.63) is 30.1 Å². The van der Waals surface area contributed by atoms with Gasteiger partial charge in [-0.1, -0.05) is 27.7 Å². The first-order chi connectivity index (χ1) is 22.7. The first kappa shape index (κ1) is 39.8. The van der Waals surface area contributed by atoms with Gasteiger partial charge in [-0.25, -0.2) is 22.6 Å². The van der Waals surface area contributed by atoms with Crippen molar-refractivity contribution in [2.75, 3.05) is 31.0 Å². The van der Waals surface area contributed by atoms with Crippen molar-refractivity contribution in [1.82, 2.24) is 14.7 Å². The van der Waals surface area contributed by atoms with Crippen LogP contribution in [0.2, 0.25) is 0 Å². The van der Waals surface area contributed by atoms with Gasteiger partial charge in [0.2, 0.25) is 5.60 Å². The van der Waals surface area contributed by atoms with Crippen LogP contribution >= 0.6 is 7.75 Å². The van der Waals surface area contributed by atoms with Crippen LogP contribution in [0, 0.1) is 23.2 Å². The molecular formula is C30H44N5O12PS. The zero-order valence-electron chi connectivity index (χ0n) is 28.6. The number of esters is 3. The molecule has 0 radical (unpaired) electrons. The van der Waals surface area contributed by atoms with Gasteiger partial charge in [0.25, 0.3) is 0 Å². The molecule has 0 saturated carbocycles. The molecule has 2 aromatic rings. The van der Waals surface area contributed by atoms with E-state index in [0.717, 1.165) is 6.26 Å². The van der Waals surface area contributed by atoms with Crippen molar-refractivity contribution in [2.24, 2.45) is 11.8 Å². The van der Waals surface area contributed by atoms with E-state index in [9.17, 15) is 32.6 Å². The molecule has 0 spiro atoms. The normalized spacial score (nSPS) is 22.9. The first-order valence-corrected chi connectivity index (χ1v) is 19.1. The average molecular weight is 730 g/mol. The van der Waals surface area contributed by atoms with Crippen molar-refractivity contribution in [3.63, 3.8) is 0 Å². The number of nitrogen functional groups attached to an aromatic ring is 1. The standard InChI is InChI=1S/C30H44N5O12PS/c1-17(2)27(36)45-25-24(23-10-9-22-21(32)11-12-33-35(22)23)47-30(15-31,26(25)46-28(37)18(3)4)16-43-48(39,42-13-14-49(8,40)41)34-20(7)29(38)44-19(5)6/h9-12,17-20,24-26H,13-14,16,32H2,1-8H3,(H,34,39)/t20-,24-,25-,26-,30+,48?/m0/s1. The number of nitrogens with zero attached hydrogens (tertiary/aromatic N) is 3. The van der Waals surface area contributed by atoms with E-state index in [4.69, 9.17) is 33.7 Å². The average Bonchev–Trinajstić information content (AvgIpc) is 3.55. The van der Waals surface area contributed by atoms with Gasteiger partial charge in [-0.2, -0.15) is 10.4 Å². The highest BCUT2D eigenvalue weighted by molar-refractivity contribution is 7.90. The number of hydrogen-bond donors (Lipinski definition) is 2. The van der Waals surface area contributed by atoms with E-state index in [-0.39, 0.29) is 5.69 Å². The summed E-state index contributed by atoms with van der Waals surface area (Å²) in [4.78, 5) is 38.7. The van der Waals surface area contributed by atoms with Crippen molar-refractivity contribution in [1.29, 1.82) is 5.26 Å². The number of carbonyl (C=O) groups is 3. The number of anilines is 1. The molecule has 0 aliphatic carbocycles. The Hall–Kier alpha value is -3.59. The van der Waals surface area contributed by atoms with Crippen LogP contribution in [0.25, 0.3) is 5.52 Å². The van der Waals surface area contributed by atoms with E-state index in [2.05, 4.69) is 10.2 Å². The Labute approximate surface area is 285 Å². The van der Waals surface area contributed by atoms with Gasteiger partial charge in [0.05, 0.1) is 47.2 Å². The molecule has 0 amide bonds. The second kappa shape index (κ2) is 16.0. The van der Waals surface area contributed by atoms with Crippen LogP contribution in [-0.4, -0.2) is 91.1 Å². The first-order valence-electron chi connectivity index (χ1n) is 15.5. The van der Waals surface area contributed by atoms with Crippen LogP contribution in [0.5, 0.6) is 0 Å². The summed E-state index contributed by atoms with van der Waals surface area (Å²) >= 11 is 0. The summed E-state index contributed by atoms with van der Waals surface area (Å²) in [5.41, 5.74) is 4.90. The van der Waals surface area contributed by atoms with Gasteiger partial charge in [0.15, 0.2) is 12.2 Å². The topological polar surface area (TPSA) is 237 Å². The molecule has 272 valence electrons. The molecule has 6 atom stereocenters. The lowest BCUT2D eigenvalue weighted by atomic mass is 9.95. The molecule has 1 unspecified atom stereocenters. The molecule has 3 heterocycles.